The zero-order valence-electron chi connectivity index (χ0n) is 9.81. The van der Waals surface area contributed by atoms with Crippen LogP contribution < -0.4 is 10.3 Å². The molecule has 0 saturated carbocycles. The number of methoxy groups -OCH3 is 1. The smallest absolute Gasteiger partial charge is 0.316 e. The third-order valence-corrected chi connectivity index (χ3v) is 2.42. The first-order valence-electron chi connectivity index (χ1n) is 5.05. The van der Waals surface area contributed by atoms with E-state index in [0.29, 0.717) is 11.3 Å². The first-order chi connectivity index (χ1) is 8.11. The summed E-state index contributed by atoms with van der Waals surface area (Å²) in [5.41, 5.74) is 2.16. The van der Waals surface area contributed by atoms with Crippen LogP contribution in [0, 0.1) is 13.8 Å². The molecule has 17 heavy (non-hydrogen) atoms. The second-order valence-corrected chi connectivity index (χ2v) is 3.58. The maximum atomic E-state index is 11.7. The maximum absolute atomic E-state index is 11.7. The topological polar surface area (TPSA) is 80.8 Å². The van der Waals surface area contributed by atoms with Crippen molar-refractivity contribution in [3.63, 3.8) is 0 Å². The normalized spacial score (nSPS) is 10.3. The van der Waals surface area contributed by atoms with Crippen molar-refractivity contribution in [1.29, 1.82) is 0 Å². The first kappa shape index (κ1) is 11.3. The van der Waals surface area contributed by atoms with Gasteiger partial charge in [-0.3, -0.25) is 4.79 Å². The SMILES string of the molecule is COc1ncc(-c2nc(C)c(C)[nH]c2=O)cn1. The van der Waals surface area contributed by atoms with E-state index in [1.54, 1.807) is 6.92 Å². The molecule has 0 aliphatic carbocycles. The standard InChI is InChI=1S/C11H12N4O2/c1-6-7(2)15-10(16)9(14-6)8-4-12-11(17-3)13-5-8/h4-5H,1-3H3,(H,15,16). The average Bonchev–Trinajstić information content (AvgIpc) is 2.34. The van der Waals surface area contributed by atoms with Gasteiger partial charge < -0.3 is 9.72 Å². The van der Waals surface area contributed by atoms with Crippen molar-refractivity contribution in [2.24, 2.45) is 0 Å². The van der Waals surface area contributed by atoms with E-state index in [2.05, 4.69) is 19.9 Å². The van der Waals surface area contributed by atoms with Crippen molar-refractivity contribution >= 4 is 0 Å². The lowest BCUT2D eigenvalue weighted by Gasteiger charge is -2.03. The van der Waals surface area contributed by atoms with Crippen LogP contribution in [0.2, 0.25) is 0 Å². The number of aromatic nitrogens is 4. The zero-order chi connectivity index (χ0) is 12.4. The van der Waals surface area contributed by atoms with Crippen LogP contribution >= 0.6 is 0 Å². The van der Waals surface area contributed by atoms with Crippen molar-refractivity contribution in [2.45, 2.75) is 13.8 Å². The third kappa shape index (κ3) is 2.15. The molecule has 2 heterocycles. The molecule has 0 unspecified atom stereocenters. The van der Waals surface area contributed by atoms with Gasteiger partial charge in [0.1, 0.15) is 5.69 Å². The molecule has 0 aromatic carbocycles. The van der Waals surface area contributed by atoms with Crippen molar-refractivity contribution in [3.8, 4) is 17.3 Å². The fourth-order valence-electron chi connectivity index (χ4n) is 1.36. The van der Waals surface area contributed by atoms with Gasteiger partial charge in [0.15, 0.2) is 0 Å². The number of rotatable bonds is 2. The van der Waals surface area contributed by atoms with E-state index < -0.39 is 0 Å². The van der Waals surface area contributed by atoms with Gasteiger partial charge in [0.2, 0.25) is 0 Å². The lowest BCUT2D eigenvalue weighted by molar-refractivity contribution is 0.380. The molecule has 2 aromatic rings. The monoisotopic (exact) mass is 232 g/mol. The Kier molecular flexibility index (Phi) is 2.86. The van der Waals surface area contributed by atoms with Gasteiger partial charge in [-0.1, -0.05) is 0 Å². The van der Waals surface area contributed by atoms with Crippen LogP contribution in [-0.2, 0) is 0 Å². The minimum Gasteiger partial charge on any atom is -0.467 e. The summed E-state index contributed by atoms with van der Waals surface area (Å²) in [5.74, 6) is 0. The molecule has 88 valence electrons. The fraction of sp³-hybridized carbons (Fsp3) is 0.273. The lowest BCUT2D eigenvalue weighted by atomic mass is 10.2. The molecule has 0 aliphatic rings. The quantitative estimate of drug-likeness (QED) is 0.830. The van der Waals surface area contributed by atoms with E-state index in [-0.39, 0.29) is 11.6 Å². The summed E-state index contributed by atoms with van der Waals surface area (Å²) in [6, 6.07) is 0.258. The minimum absolute atomic E-state index is 0.248. The highest BCUT2D eigenvalue weighted by Gasteiger charge is 2.08. The Morgan fingerprint density at radius 1 is 1.24 bits per heavy atom. The summed E-state index contributed by atoms with van der Waals surface area (Å²) in [4.78, 5) is 26.6. The van der Waals surface area contributed by atoms with Gasteiger partial charge in [-0.25, -0.2) is 15.0 Å². The molecule has 0 saturated heterocycles. The molecule has 0 aliphatic heterocycles. The highest BCUT2D eigenvalue weighted by Crippen LogP contribution is 2.13. The number of nitrogens with one attached hydrogen (secondary N) is 1. The Balaban J connectivity index is 2.52. The third-order valence-electron chi connectivity index (χ3n) is 2.42. The van der Waals surface area contributed by atoms with Gasteiger partial charge in [-0.05, 0) is 13.8 Å². The van der Waals surface area contributed by atoms with E-state index >= 15 is 0 Å². The van der Waals surface area contributed by atoms with E-state index in [1.165, 1.54) is 19.5 Å². The molecule has 0 amide bonds. The Bertz CT molecular complexity index is 589. The van der Waals surface area contributed by atoms with E-state index in [0.717, 1.165) is 11.4 Å². The lowest BCUT2D eigenvalue weighted by Crippen LogP contribution is -2.14. The van der Waals surface area contributed by atoms with Crippen LogP contribution in [0.4, 0.5) is 0 Å². The van der Waals surface area contributed by atoms with Gasteiger partial charge in [0, 0.05) is 23.7 Å². The predicted octanol–water partition coefficient (Wildman–Crippen LogP) is 0.852. The second kappa shape index (κ2) is 4.32. The maximum Gasteiger partial charge on any atom is 0.316 e. The average molecular weight is 232 g/mol. The van der Waals surface area contributed by atoms with Gasteiger partial charge in [-0.15, -0.1) is 0 Å². The molecule has 2 rings (SSSR count). The fourth-order valence-corrected chi connectivity index (χ4v) is 1.36. The van der Waals surface area contributed by atoms with Crippen LogP contribution in [0.3, 0.4) is 0 Å². The van der Waals surface area contributed by atoms with Crippen molar-refractivity contribution in [1.82, 2.24) is 19.9 Å². The Hall–Kier alpha value is -2.24. The van der Waals surface area contributed by atoms with E-state index in [9.17, 15) is 4.79 Å². The number of hydrogen-bond acceptors (Lipinski definition) is 5. The summed E-state index contributed by atoms with van der Waals surface area (Å²) in [7, 11) is 1.48. The van der Waals surface area contributed by atoms with Crippen LogP contribution in [0.5, 0.6) is 6.01 Å². The van der Waals surface area contributed by atoms with Gasteiger partial charge >= 0.3 is 6.01 Å². The Labute approximate surface area is 97.7 Å². The van der Waals surface area contributed by atoms with Crippen LogP contribution in [0.15, 0.2) is 17.2 Å². The molecule has 0 bridgehead atoms. The Morgan fingerprint density at radius 2 is 1.88 bits per heavy atom. The molecule has 0 fully saturated rings. The van der Waals surface area contributed by atoms with E-state index in [4.69, 9.17) is 4.74 Å². The summed E-state index contributed by atoms with van der Waals surface area (Å²) in [5, 5.41) is 0. The Morgan fingerprint density at radius 3 is 2.47 bits per heavy atom. The molecular formula is C11H12N4O2. The second-order valence-electron chi connectivity index (χ2n) is 3.58. The number of hydrogen-bond donors (Lipinski definition) is 1. The minimum atomic E-state index is -0.248. The van der Waals surface area contributed by atoms with Gasteiger partial charge in [0.05, 0.1) is 12.8 Å². The molecule has 0 radical (unpaired) electrons. The van der Waals surface area contributed by atoms with Crippen molar-refractivity contribution in [3.05, 3.63) is 34.1 Å². The number of aryl methyl sites for hydroxylation is 2. The summed E-state index contributed by atoms with van der Waals surface area (Å²) in [6.45, 7) is 3.64. The summed E-state index contributed by atoms with van der Waals surface area (Å²) >= 11 is 0. The summed E-state index contributed by atoms with van der Waals surface area (Å²) in [6.07, 6.45) is 3.02. The van der Waals surface area contributed by atoms with Crippen LogP contribution in [0.1, 0.15) is 11.4 Å². The number of nitrogens with zero attached hydrogens (tertiary/aromatic N) is 3. The van der Waals surface area contributed by atoms with Gasteiger partial charge in [-0.2, -0.15) is 0 Å². The van der Waals surface area contributed by atoms with Crippen LogP contribution in [0.25, 0.3) is 11.3 Å². The highest BCUT2D eigenvalue weighted by molar-refractivity contribution is 5.55. The zero-order valence-corrected chi connectivity index (χ0v) is 9.81. The van der Waals surface area contributed by atoms with Crippen LogP contribution in [-0.4, -0.2) is 27.0 Å². The van der Waals surface area contributed by atoms with Crippen molar-refractivity contribution < 1.29 is 4.74 Å². The molecule has 1 N–H and O–H groups in total. The molecule has 2 aromatic heterocycles. The predicted molar refractivity (Wildman–Crippen MR) is 61.9 cm³/mol. The molecule has 0 spiro atoms. The number of aromatic amines is 1. The molecule has 6 nitrogen and oxygen atoms in total. The van der Waals surface area contributed by atoms with Crippen molar-refractivity contribution in [2.75, 3.05) is 7.11 Å². The largest absolute Gasteiger partial charge is 0.467 e. The molecular weight excluding hydrogens is 220 g/mol. The molecule has 6 heteroatoms. The van der Waals surface area contributed by atoms with Gasteiger partial charge in [0.25, 0.3) is 5.56 Å². The first-order valence-corrected chi connectivity index (χ1v) is 5.05. The highest BCUT2D eigenvalue weighted by atomic mass is 16.5. The number of H-pyrrole nitrogens is 1. The molecule has 0 atom stereocenters. The van der Waals surface area contributed by atoms with E-state index in [1.807, 2.05) is 6.92 Å². The summed E-state index contributed by atoms with van der Waals surface area (Å²) < 4.78 is 4.85. The number of ether oxygens (including phenoxy) is 1.